The van der Waals surface area contributed by atoms with Crippen molar-refractivity contribution in [3.05, 3.63) is 65.0 Å². The highest BCUT2D eigenvalue weighted by atomic mass is 19.4. The second kappa shape index (κ2) is 7.45. The molecule has 0 heterocycles. The van der Waals surface area contributed by atoms with Crippen LogP contribution in [0.1, 0.15) is 21.5 Å². The summed E-state index contributed by atoms with van der Waals surface area (Å²) in [5, 5.41) is 2.22. The Morgan fingerprint density at radius 2 is 1.84 bits per heavy atom. The van der Waals surface area contributed by atoms with Crippen LogP contribution in [0, 0.1) is 5.82 Å². The third-order valence-corrected chi connectivity index (χ3v) is 3.14. The van der Waals surface area contributed by atoms with Crippen LogP contribution >= 0.6 is 0 Å². The summed E-state index contributed by atoms with van der Waals surface area (Å²) in [6.07, 6.45) is -4.78. The van der Waals surface area contributed by atoms with Gasteiger partial charge in [-0.1, -0.05) is 12.1 Å². The maximum Gasteiger partial charge on any atom is 0.416 e. The van der Waals surface area contributed by atoms with Crippen molar-refractivity contribution in [1.82, 2.24) is 5.32 Å². The maximum atomic E-state index is 13.0. The first-order valence-corrected chi connectivity index (χ1v) is 6.85. The van der Waals surface area contributed by atoms with Crippen molar-refractivity contribution < 1.29 is 35.9 Å². The molecule has 2 aromatic carbocycles. The Labute approximate surface area is 138 Å². The quantitative estimate of drug-likeness (QED) is 0.801. The van der Waals surface area contributed by atoms with Gasteiger partial charge in [-0.25, -0.2) is 4.39 Å². The zero-order valence-corrected chi connectivity index (χ0v) is 12.4. The van der Waals surface area contributed by atoms with Crippen molar-refractivity contribution >= 4 is 5.91 Å². The average Bonchev–Trinajstić information content (AvgIpc) is 2.52. The van der Waals surface area contributed by atoms with Crippen LogP contribution < -0.4 is 10.1 Å². The highest BCUT2D eigenvalue weighted by Gasteiger charge is 2.33. The second-order valence-electron chi connectivity index (χ2n) is 4.89. The summed E-state index contributed by atoms with van der Waals surface area (Å²) in [6.45, 7) is -3.60. The monoisotopic (exact) mass is 363 g/mol. The van der Waals surface area contributed by atoms with Crippen LogP contribution in [-0.4, -0.2) is 12.5 Å². The predicted molar refractivity (Wildman–Crippen MR) is 75.6 cm³/mol. The normalized spacial score (nSPS) is 11.5. The molecule has 25 heavy (non-hydrogen) atoms. The minimum Gasteiger partial charge on any atom is -0.435 e. The van der Waals surface area contributed by atoms with Crippen molar-refractivity contribution in [2.45, 2.75) is 19.3 Å². The molecule has 1 N–H and O–H groups in total. The van der Waals surface area contributed by atoms with Gasteiger partial charge in [0, 0.05) is 12.1 Å². The SMILES string of the molecule is O=C(NCc1ccc(F)cc1C(F)(F)F)c1cccc(OC(F)F)c1. The largest absolute Gasteiger partial charge is 0.435 e. The Morgan fingerprint density at radius 3 is 2.48 bits per heavy atom. The summed E-state index contributed by atoms with van der Waals surface area (Å²) in [5.74, 6) is -2.11. The Hall–Kier alpha value is -2.71. The number of hydrogen-bond acceptors (Lipinski definition) is 2. The van der Waals surface area contributed by atoms with Gasteiger partial charge < -0.3 is 10.1 Å². The van der Waals surface area contributed by atoms with E-state index in [9.17, 15) is 31.1 Å². The molecule has 2 rings (SSSR count). The van der Waals surface area contributed by atoms with Crippen molar-refractivity contribution in [3.8, 4) is 5.75 Å². The van der Waals surface area contributed by atoms with Gasteiger partial charge in [0.15, 0.2) is 0 Å². The van der Waals surface area contributed by atoms with Crippen molar-refractivity contribution in [1.29, 1.82) is 0 Å². The fourth-order valence-electron chi connectivity index (χ4n) is 2.06. The molecule has 0 atom stereocenters. The minimum absolute atomic E-state index is 0.0752. The summed E-state index contributed by atoms with van der Waals surface area (Å²) in [6, 6.07) is 6.87. The lowest BCUT2D eigenvalue weighted by molar-refractivity contribution is -0.138. The van der Waals surface area contributed by atoms with Gasteiger partial charge in [-0.05, 0) is 35.9 Å². The smallest absolute Gasteiger partial charge is 0.416 e. The number of ether oxygens (including phenoxy) is 1. The van der Waals surface area contributed by atoms with Gasteiger partial charge in [0.2, 0.25) is 0 Å². The van der Waals surface area contributed by atoms with Crippen molar-refractivity contribution in [2.75, 3.05) is 0 Å². The van der Waals surface area contributed by atoms with Gasteiger partial charge >= 0.3 is 12.8 Å². The van der Waals surface area contributed by atoms with Gasteiger partial charge in [0.05, 0.1) is 5.56 Å². The van der Waals surface area contributed by atoms with Crippen LogP contribution in [0.2, 0.25) is 0 Å². The molecule has 0 radical (unpaired) electrons. The topological polar surface area (TPSA) is 38.3 Å². The van der Waals surface area contributed by atoms with Crippen molar-refractivity contribution in [3.63, 3.8) is 0 Å². The molecule has 0 saturated carbocycles. The lowest BCUT2D eigenvalue weighted by atomic mass is 10.1. The summed E-state index contributed by atoms with van der Waals surface area (Å²) in [7, 11) is 0. The number of rotatable bonds is 5. The molecular weight excluding hydrogens is 352 g/mol. The van der Waals surface area contributed by atoms with Gasteiger partial charge in [0.1, 0.15) is 11.6 Å². The van der Waals surface area contributed by atoms with E-state index < -0.39 is 36.6 Å². The number of carbonyl (C=O) groups is 1. The van der Waals surface area contributed by atoms with E-state index in [0.717, 1.165) is 18.2 Å². The fraction of sp³-hybridized carbons (Fsp3) is 0.188. The highest BCUT2D eigenvalue weighted by molar-refractivity contribution is 5.94. The first-order chi connectivity index (χ1) is 11.7. The van der Waals surface area contributed by atoms with E-state index >= 15 is 0 Å². The molecule has 0 aliphatic carbocycles. The summed E-state index contributed by atoms with van der Waals surface area (Å²) in [4.78, 5) is 12.0. The Morgan fingerprint density at radius 1 is 1.12 bits per heavy atom. The molecule has 0 aliphatic rings. The van der Waals surface area contributed by atoms with E-state index in [-0.39, 0.29) is 16.9 Å². The molecule has 0 unspecified atom stereocenters. The van der Waals surface area contributed by atoms with E-state index in [2.05, 4.69) is 10.1 Å². The molecular formula is C16H11F6NO2. The maximum absolute atomic E-state index is 13.0. The van der Waals surface area contributed by atoms with Crippen molar-refractivity contribution in [2.24, 2.45) is 0 Å². The zero-order valence-electron chi connectivity index (χ0n) is 12.4. The van der Waals surface area contributed by atoms with E-state index in [4.69, 9.17) is 0 Å². The van der Waals surface area contributed by atoms with Gasteiger partial charge in [0.25, 0.3) is 5.91 Å². The van der Waals surface area contributed by atoms with Crippen LogP contribution in [0.15, 0.2) is 42.5 Å². The van der Waals surface area contributed by atoms with Crippen LogP contribution in [0.25, 0.3) is 0 Å². The van der Waals surface area contributed by atoms with Gasteiger partial charge in [-0.15, -0.1) is 0 Å². The molecule has 0 aliphatic heterocycles. The molecule has 2 aromatic rings. The number of amides is 1. The number of benzene rings is 2. The standard InChI is InChI=1S/C16H11F6NO2/c17-11-5-4-10(13(7-11)16(20,21)22)8-23-14(24)9-2-1-3-12(6-9)25-15(18)19/h1-7,15H,8H2,(H,23,24). The summed E-state index contributed by atoms with van der Waals surface area (Å²) >= 11 is 0. The number of halogens is 6. The lowest BCUT2D eigenvalue weighted by Crippen LogP contribution is -2.24. The molecule has 1 amide bonds. The third-order valence-electron chi connectivity index (χ3n) is 3.14. The second-order valence-corrected chi connectivity index (χ2v) is 4.89. The minimum atomic E-state index is -4.78. The Bertz CT molecular complexity index is 761. The predicted octanol–water partition coefficient (Wildman–Crippen LogP) is 4.38. The van der Waals surface area contributed by atoms with E-state index in [1.54, 1.807) is 0 Å². The first-order valence-electron chi connectivity index (χ1n) is 6.85. The third kappa shape index (κ3) is 5.13. The number of hydrogen-bond donors (Lipinski definition) is 1. The van der Waals surface area contributed by atoms with E-state index in [1.807, 2.05) is 0 Å². The zero-order chi connectivity index (χ0) is 18.6. The first kappa shape index (κ1) is 18.6. The molecule has 3 nitrogen and oxygen atoms in total. The molecule has 0 saturated heterocycles. The van der Waals surface area contributed by atoms with Gasteiger partial charge in [-0.2, -0.15) is 22.0 Å². The number of nitrogens with one attached hydrogen (secondary N) is 1. The van der Waals surface area contributed by atoms with Crippen LogP contribution in [0.5, 0.6) is 5.75 Å². The average molecular weight is 363 g/mol. The summed E-state index contributed by atoms with van der Waals surface area (Å²) in [5.41, 5.74) is -1.61. The van der Waals surface area contributed by atoms with Crippen LogP contribution in [0.4, 0.5) is 26.3 Å². The number of alkyl halides is 5. The van der Waals surface area contributed by atoms with Crippen LogP contribution in [0.3, 0.4) is 0 Å². The van der Waals surface area contributed by atoms with Crippen LogP contribution in [-0.2, 0) is 12.7 Å². The fourth-order valence-corrected chi connectivity index (χ4v) is 2.06. The molecule has 134 valence electrons. The molecule has 9 heteroatoms. The molecule has 0 spiro atoms. The Kier molecular flexibility index (Phi) is 5.55. The molecule has 0 fully saturated rings. The lowest BCUT2D eigenvalue weighted by Gasteiger charge is -2.14. The van der Waals surface area contributed by atoms with E-state index in [1.165, 1.54) is 18.2 Å². The number of carbonyl (C=O) groups excluding carboxylic acids is 1. The highest BCUT2D eigenvalue weighted by Crippen LogP contribution is 2.32. The Balaban J connectivity index is 2.13. The molecule has 0 bridgehead atoms. The van der Waals surface area contributed by atoms with Gasteiger partial charge in [-0.3, -0.25) is 4.79 Å². The van der Waals surface area contributed by atoms with E-state index in [0.29, 0.717) is 6.07 Å². The summed E-state index contributed by atoms with van der Waals surface area (Å²) < 4.78 is 80.1. The molecule has 0 aromatic heterocycles.